The average Bonchev–Trinajstić information content (AvgIpc) is 2.29. The van der Waals surface area contributed by atoms with E-state index in [1.165, 1.54) is 19.3 Å². The van der Waals surface area contributed by atoms with Crippen LogP contribution in [0.4, 0.5) is 0 Å². The van der Waals surface area contributed by atoms with Crippen LogP contribution >= 0.6 is 0 Å². The van der Waals surface area contributed by atoms with Gasteiger partial charge >= 0.3 is 0 Å². The molecular formula is C12H26N2O. The molecular weight excluding hydrogens is 188 g/mol. The molecule has 1 saturated heterocycles. The first kappa shape index (κ1) is 12.9. The Morgan fingerprint density at radius 2 is 2.00 bits per heavy atom. The molecule has 15 heavy (non-hydrogen) atoms. The molecule has 1 N–H and O–H groups in total. The predicted octanol–water partition coefficient (Wildman–Crippen LogP) is 1.49. The summed E-state index contributed by atoms with van der Waals surface area (Å²) in [5, 5.41) is 3.53. The minimum Gasteiger partial charge on any atom is -0.381 e. The maximum Gasteiger partial charge on any atom is 0.0480 e. The van der Waals surface area contributed by atoms with Gasteiger partial charge in [-0.15, -0.1) is 0 Å². The topological polar surface area (TPSA) is 24.5 Å². The van der Waals surface area contributed by atoms with E-state index in [0.717, 1.165) is 32.3 Å². The van der Waals surface area contributed by atoms with Gasteiger partial charge in [-0.3, -0.25) is 0 Å². The SMILES string of the molecule is CCNC(CC)CN(C)C1CCOCC1. The number of nitrogens with one attached hydrogen (secondary N) is 1. The maximum atomic E-state index is 5.39. The average molecular weight is 214 g/mol. The maximum absolute atomic E-state index is 5.39. The third-order valence-corrected chi connectivity index (χ3v) is 3.31. The van der Waals surface area contributed by atoms with Crippen LogP contribution in [0, 0.1) is 0 Å². The molecule has 1 unspecified atom stereocenters. The fraction of sp³-hybridized carbons (Fsp3) is 1.00. The minimum atomic E-state index is 0.642. The second kappa shape index (κ2) is 7.20. The van der Waals surface area contributed by atoms with Crippen LogP contribution in [0.3, 0.4) is 0 Å². The van der Waals surface area contributed by atoms with Crippen molar-refractivity contribution in [1.82, 2.24) is 10.2 Å². The van der Waals surface area contributed by atoms with Crippen molar-refractivity contribution in [1.29, 1.82) is 0 Å². The first-order valence-electron chi connectivity index (χ1n) is 6.29. The minimum absolute atomic E-state index is 0.642. The first-order chi connectivity index (χ1) is 7.27. The van der Waals surface area contributed by atoms with Gasteiger partial charge in [0.1, 0.15) is 0 Å². The Morgan fingerprint density at radius 1 is 1.33 bits per heavy atom. The summed E-state index contributed by atoms with van der Waals surface area (Å²) in [5.74, 6) is 0. The lowest BCUT2D eigenvalue weighted by atomic mass is 10.1. The van der Waals surface area contributed by atoms with Crippen LogP contribution in [-0.2, 0) is 4.74 Å². The van der Waals surface area contributed by atoms with Crippen molar-refractivity contribution < 1.29 is 4.74 Å². The molecule has 1 heterocycles. The van der Waals surface area contributed by atoms with E-state index < -0.39 is 0 Å². The van der Waals surface area contributed by atoms with Crippen molar-refractivity contribution in [2.75, 3.05) is 33.4 Å². The molecule has 0 amide bonds. The normalized spacial score (nSPS) is 20.8. The smallest absolute Gasteiger partial charge is 0.0480 e. The number of likely N-dealkylation sites (N-methyl/N-ethyl adjacent to an activating group) is 2. The quantitative estimate of drug-likeness (QED) is 0.725. The summed E-state index contributed by atoms with van der Waals surface area (Å²) in [6, 6.07) is 1.37. The van der Waals surface area contributed by atoms with E-state index in [-0.39, 0.29) is 0 Å². The molecule has 0 bridgehead atoms. The van der Waals surface area contributed by atoms with Gasteiger partial charge < -0.3 is 15.0 Å². The van der Waals surface area contributed by atoms with E-state index in [2.05, 4.69) is 31.1 Å². The molecule has 0 aromatic carbocycles. The summed E-state index contributed by atoms with van der Waals surface area (Å²) in [6.45, 7) is 8.54. The summed E-state index contributed by atoms with van der Waals surface area (Å²) in [4.78, 5) is 2.50. The molecule has 1 atom stereocenters. The predicted molar refractivity (Wildman–Crippen MR) is 64.2 cm³/mol. The molecule has 1 aliphatic heterocycles. The van der Waals surface area contributed by atoms with E-state index >= 15 is 0 Å². The molecule has 1 fully saturated rings. The van der Waals surface area contributed by atoms with Crippen LogP contribution in [0.25, 0.3) is 0 Å². The molecule has 0 aliphatic carbocycles. The number of hydrogen-bond acceptors (Lipinski definition) is 3. The molecule has 0 saturated carbocycles. The van der Waals surface area contributed by atoms with E-state index in [1.807, 2.05) is 0 Å². The fourth-order valence-corrected chi connectivity index (χ4v) is 2.25. The molecule has 0 spiro atoms. The second-order valence-electron chi connectivity index (χ2n) is 4.45. The molecule has 0 radical (unpaired) electrons. The van der Waals surface area contributed by atoms with Crippen LogP contribution in [-0.4, -0.2) is 50.3 Å². The highest BCUT2D eigenvalue weighted by Crippen LogP contribution is 2.13. The Hall–Kier alpha value is -0.120. The van der Waals surface area contributed by atoms with Gasteiger partial charge in [0.05, 0.1) is 0 Å². The number of hydrogen-bond donors (Lipinski definition) is 1. The van der Waals surface area contributed by atoms with Gasteiger partial charge in [-0.05, 0) is 32.9 Å². The Balaban J connectivity index is 2.28. The Kier molecular flexibility index (Phi) is 6.22. The van der Waals surface area contributed by atoms with Crippen LogP contribution < -0.4 is 5.32 Å². The third-order valence-electron chi connectivity index (χ3n) is 3.31. The van der Waals surface area contributed by atoms with Crippen molar-refractivity contribution in [3.8, 4) is 0 Å². The fourth-order valence-electron chi connectivity index (χ4n) is 2.25. The molecule has 1 rings (SSSR count). The standard InChI is InChI=1S/C12H26N2O/c1-4-11(13-5-2)10-14(3)12-6-8-15-9-7-12/h11-13H,4-10H2,1-3H3. The summed E-state index contributed by atoms with van der Waals surface area (Å²) in [5.41, 5.74) is 0. The van der Waals surface area contributed by atoms with Crippen LogP contribution in [0.5, 0.6) is 0 Å². The highest BCUT2D eigenvalue weighted by atomic mass is 16.5. The molecule has 90 valence electrons. The van der Waals surface area contributed by atoms with Crippen molar-refractivity contribution >= 4 is 0 Å². The zero-order valence-electron chi connectivity index (χ0n) is 10.5. The highest BCUT2D eigenvalue weighted by molar-refractivity contribution is 4.76. The van der Waals surface area contributed by atoms with Gasteiger partial charge in [0.25, 0.3) is 0 Å². The largest absolute Gasteiger partial charge is 0.381 e. The van der Waals surface area contributed by atoms with Crippen LogP contribution in [0.15, 0.2) is 0 Å². The third kappa shape index (κ3) is 4.49. The monoisotopic (exact) mass is 214 g/mol. The van der Waals surface area contributed by atoms with Gasteiger partial charge in [-0.2, -0.15) is 0 Å². The van der Waals surface area contributed by atoms with Crippen molar-refractivity contribution in [2.24, 2.45) is 0 Å². The van der Waals surface area contributed by atoms with Gasteiger partial charge in [-0.1, -0.05) is 13.8 Å². The van der Waals surface area contributed by atoms with Gasteiger partial charge in [-0.25, -0.2) is 0 Å². The summed E-state index contributed by atoms with van der Waals surface area (Å²) in [6.07, 6.45) is 3.60. The number of rotatable bonds is 6. The van der Waals surface area contributed by atoms with Crippen LogP contribution in [0.2, 0.25) is 0 Å². The Bertz CT molecular complexity index is 158. The van der Waals surface area contributed by atoms with Gasteiger partial charge in [0.15, 0.2) is 0 Å². The lowest BCUT2D eigenvalue weighted by Gasteiger charge is -2.33. The number of nitrogens with zero attached hydrogens (tertiary/aromatic N) is 1. The first-order valence-corrected chi connectivity index (χ1v) is 6.29. The highest BCUT2D eigenvalue weighted by Gasteiger charge is 2.20. The van der Waals surface area contributed by atoms with E-state index in [0.29, 0.717) is 6.04 Å². The molecule has 3 nitrogen and oxygen atoms in total. The summed E-state index contributed by atoms with van der Waals surface area (Å²) < 4.78 is 5.39. The lowest BCUT2D eigenvalue weighted by Crippen LogP contribution is -2.45. The molecule has 0 aromatic rings. The van der Waals surface area contributed by atoms with Crippen LogP contribution in [0.1, 0.15) is 33.1 Å². The van der Waals surface area contributed by atoms with Crippen molar-refractivity contribution in [2.45, 2.75) is 45.2 Å². The lowest BCUT2D eigenvalue weighted by molar-refractivity contribution is 0.0401. The van der Waals surface area contributed by atoms with Gasteiger partial charge in [0, 0.05) is 31.8 Å². The zero-order chi connectivity index (χ0) is 11.1. The van der Waals surface area contributed by atoms with Crippen molar-refractivity contribution in [3.63, 3.8) is 0 Å². The van der Waals surface area contributed by atoms with Crippen molar-refractivity contribution in [3.05, 3.63) is 0 Å². The zero-order valence-corrected chi connectivity index (χ0v) is 10.5. The molecule has 1 aliphatic rings. The Labute approximate surface area is 94.2 Å². The van der Waals surface area contributed by atoms with E-state index in [9.17, 15) is 0 Å². The van der Waals surface area contributed by atoms with E-state index in [4.69, 9.17) is 4.74 Å². The molecule has 0 aromatic heterocycles. The Morgan fingerprint density at radius 3 is 2.53 bits per heavy atom. The summed E-state index contributed by atoms with van der Waals surface area (Å²) >= 11 is 0. The second-order valence-corrected chi connectivity index (χ2v) is 4.45. The van der Waals surface area contributed by atoms with Gasteiger partial charge in [0.2, 0.25) is 0 Å². The summed E-state index contributed by atoms with van der Waals surface area (Å²) in [7, 11) is 2.25. The molecule has 3 heteroatoms. The van der Waals surface area contributed by atoms with E-state index in [1.54, 1.807) is 0 Å². The number of ether oxygens (including phenoxy) is 1.